The van der Waals surface area contributed by atoms with E-state index >= 15 is 0 Å². The van der Waals surface area contributed by atoms with Gasteiger partial charge in [0.15, 0.2) is 5.82 Å². The highest BCUT2D eigenvalue weighted by Crippen LogP contribution is 2.36. The van der Waals surface area contributed by atoms with Crippen LogP contribution in [0.2, 0.25) is 0 Å². The summed E-state index contributed by atoms with van der Waals surface area (Å²) < 4.78 is 2.11. The number of nitriles is 1. The molecule has 1 aliphatic heterocycles. The second-order valence-corrected chi connectivity index (χ2v) is 7.93. The Kier molecular flexibility index (Phi) is 10.7. The molecule has 0 unspecified atom stereocenters. The van der Waals surface area contributed by atoms with Crippen molar-refractivity contribution < 1.29 is 4.79 Å². The number of aryl methyl sites for hydroxylation is 2. The number of hydrogen-bond acceptors (Lipinski definition) is 6. The predicted octanol–water partition coefficient (Wildman–Crippen LogP) is 6.12. The highest BCUT2D eigenvalue weighted by atomic mass is 32.1. The number of fused-ring (bicyclic) bond motifs is 3. The first-order valence-corrected chi connectivity index (χ1v) is 11.7. The lowest BCUT2D eigenvalue weighted by atomic mass is 9.99. The van der Waals surface area contributed by atoms with Crippen LogP contribution in [0.5, 0.6) is 0 Å². The molecule has 0 aliphatic carbocycles. The van der Waals surface area contributed by atoms with Crippen molar-refractivity contribution in [3.63, 3.8) is 0 Å². The highest BCUT2D eigenvalue weighted by Gasteiger charge is 2.26. The van der Waals surface area contributed by atoms with Gasteiger partial charge in [-0.25, -0.2) is 0 Å². The molecule has 170 valence electrons. The van der Waals surface area contributed by atoms with Crippen molar-refractivity contribution in [3.05, 3.63) is 63.0 Å². The van der Waals surface area contributed by atoms with Gasteiger partial charge < -0.3 is 4.79 Å². The standard InChI is InChI=1S/C18H15N5S.C3H6O.2C2H6/c1-10-11(2)24-18-16(10)17(14-6-4-13(8-19)5-7-14)20-9-15-22-21-12(3)23(15)18;1-3(2)4;2*1-2/h4-7H,9H2,1-3H3;1-2H3;2*1-2H3. The molecule has 0 fully saturated rings. The van der Waals surface area contributed by atoms with Crippen LogP contribution in [0.4, 0.5) is 0 Å². The number of nitrogens with zero attached hydrogens (tertiary/aromatic N) is 5. The van der Waals surface area contributed by atoms with Crippen LogP contribution in [0.3, 0.4) is 0 Å². The van der Waals surface area contributed by atoms with Crippen LogP contribution in [-0.4, -0.2) is 26.3 Å². The fourth-order valence-corrected chi connectivity index (χ4v) is 4.21. The molecule has 32 heavy (non-hydrogen) atoms. The third kappa shape index (κ3) is 5.98. The normalized spacial score (nSPS) is 10.8. The van der Waals surface area contributed by atoms with Crippen molar-refractivity contribution in [2.75, 3.05) is 0 Å². The summed E-state index contributed by atoms with van der Waals surface area (Å²) in [5.41, 5.74) is 5.01. The van der Waals surface area contributed by atoms with E-state index in [4.69, 9.17) is 10.3 Å². The van der Waals surface area contributed by atoms with Gasteiger partial charge in [-0.2, -0.15) is 5.26 Å². The molecule has 0 saturated heterocycles. The summed E-state index contributed by atoms with van der Waals surface area (Å²) in [7, 11) is 0. The molecule has 0 N–H and O–H groups in total. The Hall–Kier alpha value is -3.11. The first-order valence-electron chi connectivity index (χ1n) is 10.9. The molecule has 0 bridgehead atoms. The number of hydrogen-bond donors (Lipinski definition) is 0. The molecule has 0 atom stereocenters. The van der Waals surface area contributed by atoms with Crippen molar-refractivity contribution in [1.29, 1.82) is 5.26 Å². The molecule has 3 heterocycles. The average molecular weight is 452 g/mol. The Morgan fingerprint density at radius 3 is 2.12 bits per heavy atom. The second kappa shape index (κ2) is 12.7. The van der Waals surface area contributed by atoms with Gasteiger partial charge in [0.2, 0.25) is 0 Å². The van der Waals surface area contributed by atoms with E-state index in [1.165, 1.54) is 24.3 Å². The quantitative estimate of drug-likeness (QED) is 0.446. The van der Waals surface area contributed by atoms with Crippen LogP contribution < -0.4 is 0 Å². The summed E-state index contributed by atoms with van der Waals surface area (Å²) in [5.74, 6) is 1.91. The number of Topliss-reactive ketones (excluding diaryl/α,β-unsaturated/α-hetero) is 1. The molecule has 7 heteroatoms. The molecule has 1 aliphatic rings. The van der Waals surface area contributed by atoms with Crippen LogP contribution in [0.15, 0.2) is 29.3 Å². The number of aromatic nitrogens is 3. The van der Waals surface area contributed by atoms with Gasteiger partial charge in [0, 0.05) is 16.0 Å². The van der Waals surface area contributed by atoms with Crippen LogP contribution in [0.25, 0.3) is 5.00 Å². The SMILES string of the molecule is CC.CC.CC(C)=O.Cc1sc2c(c1C)C(c1ccc(C#N)cc1)=NCc1nnc(C)n1-2. The molecule has 1 aromatic carbocycles. The number of carbonyl (C=O) groups is 1. The predicted molar refractivity (Wildman–Crippen MR) is 133 cm³/mol. The summed E-state index contributed by atoms with van der Waals surface area (Å²) >= 11 is 1.75. The molecule has 2 aromatic heterocycles. The molecule has 0 radical (unpaired) electrons. The number of ketones is 1. The number of carbonyl (C=O) groups excluding carboxylic acids is 1. The minimum atomic E-state index is 0.167. The van der Waals surface area contributed by atoms with E-state index in [-0.39, 0.29) is 5.78 Å². The van der Waals surface area contributed by atoms with Gasteiger partial charge >= 0.3 is 0 Å². The zero-order chi connectivity index (χ0) is 24.4. The largest absolute Gasteiger partial charge is 0.300 e. The lowest BCUT2D eigenvalue weighted by Gasteiger charge is -2.09. The van der Waals surface area contributed by atoms with Crippen LogP contribution in [-0.2, 0) is 11.3 Å². The summed E-state index contributed by atoms with van der Waals surface area (Å²) in [6.45, 7) is 17.8. The lowest BCUT2D eigenvalue weighted by molar-refractivity contribution is -0.114. The summed E-state index contributed by atoms with van der Waals surface area (Å²) in [6.07, 6.45) is 0. The van der Waals surface area contributed by atoms with Crippen LogP contribution >= 0.6 is 11.3 Å². The van der Waals surface area contributed by atoms with Gasteiger partial charge in [-0.05, 0) is 52.3 Å². The Bertz CT molecular complexity index is 1110. The maximum Gasteiger partial charge on any atom is 0.160 e. The van der Waals surface area contributed by atoms with Gasteiger partial charge in [0.05, 0.1) is 17.3 Å². The van der Waals surface area contributed by atoms with Crippen molar-refractivity contribution in [2.24, 2.45) is 4.99 Å². The Labute approximate surface area is 195 Å². The fourth-order valence-electron chi connectivity index (χ4n) is 2.99. The second-order valence-electron chi connectivity index (χ2n) is 6.72. The minimum absolute atomic E-state index is 0.167. The van der Waals surface area contributed by atoms with E-state index in [1.807, 2.05) is 58.9 Å². The van der Waals surface area contributed by atoms with Gasteiger partial charge in [0.1, 0.15) is 23.2 Å². The number of rotatable bonds is 1. The van der Waals surface area contributed by atoms with Gasteiger partial charge in [-0.3, -0.25) is 9.56 Å². The summed E-state index contributed by atoms with van der Waals surface area (Å²) in [4.78, 5) is 15.5. The molecule has 4 rings (SSSR count). The topological polar surface area (TPSA) is 83.9 Å². The molecule has 0 amide bonds. The van der Waals surface area contributed by atoms with Gasteiger partial charge in [-0.15, -0.1) is 21.5 Å². The van der Waals surface area contributed by atoms with Crippen molar-refractivity contribution in [1.82, 2.24) is 14.8 Å². The van der Waals surface area contributed by atoms with Crippen LogP contribution in [0, 0.1) is 32.1 Å². The number of benzene rings is 1. The number of aliphatic imine (C=N–C) groups is 1. The molecule has 6 nitrogen and oxygen atoms in total. The average Bonchev–Trinajstić information content (AvgIpc) is 3.24. The Morgan fingerprint density at radius 1 is 1.03 bits per heavy atom. The van der Waals surface area contributed by atoms with Crippen molar-refractivity contribution >= 4 is 22.8 Å². The van der Waals surface area contributed by atoms with E-state index < -0.39 is 0 Å². The van der Waals surface area contributed by atoms with Gasteiger partial charge in [-0.1, -0.05) is 39.8 Å². The van der Waals surface area contributed by atoms with E-state index in [2.05, 4.69) is 34.7 Å². The minimum Gasteiger partial charge on any atom is -0.300 e. The first kappa shape index (κ1) is 26.9. The van der Waals surface area contributed by atoms with Crippen molar-refractivity contribution in [3.8, 4) is 11.1 Å². The Balaban J connectivity index is 0.000000568. The maximum atomic E-state index is 9.44. The fraction of sp³-hybridized carbons (Fsp3) is 0.400. The summed E-state index contributed by atoms with van der Waals surface area (Å²) in [5, 5.41) is 18.6. The van der Waals surface area contributed by atoms with Crippen molar-refractivity contribution in [2.45, 2.75) is 68.9 Å². The molecular formula is C25H33N5OS. The van der Waals surface area contributed by atoms with Crippen LogP contribution in [0.1, 0.15) is 80.3 Å². The zero-order valence-electron chi connectivity index (χ0n) is 20.6. The van der Waals surface area contributed by atoms with Gasteiger partial charge in [0.25, 0.3) is 0 Å². The first-order chi connectivity index (χ1) is 15.3. The third-order valence-electron chi connectivity index (χ3n) is 4.36. The lowest BCUT2D eigenvalue weighted by Crippen LogP contribution is -2.07. The monoisotopic (exact) mass is 451 g/mol. The molecule has 3 aromatic rings. The number of thiophene rings is 1. The summed E-state index contributed by atoms with van der Waals surface area (Å²) in [6, 6.07) is 9.76. The third-order valence-corrected chi connectivity index (χ3v) is 5.56. The zero-order valence-corrected chi connectivity index (χ0v) is 21.4. The molecular weight excluding hydrogens is 418 g/mol. The van der Waals surface area contributed by atoms with E-state index in [0.717, 1.165) is 33.5 Å². The molecule has 0 saturated carbocycles. The smallest absolute Gasteiger partial charge is 0.160 e. The highest BCUT2D eigenvalue weighted by molar-refractivity contribution is 7.15. The van der Waals surface area contributed by atoms with E-state index in [1.54, 1.807) is 11.3 Å². The van der Waals surface area contributed by atoms with E-state index in [0.29, 0.717) is 12.1 Å². The maximum absolute atomic E-state index is 9.44. The Morgan fingerprint density at radius 2 is 1.59 bits per heavy atom. The van der Waals surface area contributed by atoms with E-state index in [9.17, 15) is 4.79 Å². The molecule has 0 spiro atoms.